The topological polar surface area (TPSA) is 72.2 Å². The molecule has 0 spiro atoms. The molecule has 4 heteroatoms. The van der Waals surface area contributed by atoms with Crippen LogP contribution < -0.4 is 11.1 Å². The minimum Gasteiger partial charge on any atom is -0.330 e. The summed E-state index contributed by atoms with van der Waals surface area (Å²) in [5, 5.41) is 2.22. The van der Waals surface area contributed by atoms with Gasteiger partial charge < -0.3 is 5.73 Å². The summed E-state index contributed by atoms with van der Waals surface area (Å²) in [6.45, 7) is 0.464. The van der Waals surface area contributed by atoms with Crippen LogP contribution in [0.1, 0.15) is 12.8 Å². The second kappa shape index (κ2) is 2.79. The van der Waals surface area contributed by atoms with Gasteiger partial charge in [0.15, 0.2) is 0 Å². The van der Waals surface area contributed by atoms with Crippen molar-refractivity contribution in [2.45, 2.75) is 12.8 Å². The van der Waals surface area contributed by atoms with E-state index < -0.39 is 0 Å². The summed E-state index contributed by atoms with van der Waals surface area (Å²) < 4.78 is 0. The summed E-state index contributed by atoms with van der Waals surface area (Å²) >= 11 is 0. The molecule has 2 amide bonds. The molecule has 0 saturated carbocycles. The highest BCUT2D eigenvalue weighted by atomic mass is 16.2. The van der Waals surface area contributed by atoms with Crippen LogP contribution in [-0.2, 0) is 9.59 Å². The molecular weight excluding hydrogens is 132 g/mol. The Hall–Kier alpha value is -0.900. The van der Waals surface area contributed by atoms with E-state index >= 15 is 0 Å². The van der Waals surface area contributed by atoms with Gasteiger partial charge in [-0.2, -0.15) is 0 Å². The van der Waals surface area contributed by atoms with E-state index in [1.165, 1.54) is 0 Å². The summed E-state index contributed by atoms with van der Waals surface area (Å²) in [5.74, 6) is -0.517. The van der Waals surface area contributed by atoms with Crippen molar-refractivity contribution >= 4 is 11.8 Å². The third-order valence-corrected chi connectivity index (χ3v) is 1.58. The van der Waals surface area contributed by atoms with Crippen LogP contribution in [0.4, 0.5) is 0 Å². The highest BCUT2D eigenvalue weighted by Crippen LogP contribution is 2.13. The highest BCUT2D eigenvalue weighted by molar-refractivity contribution is 6.03. The van der Waals surface area contributed by atoms with Crippen LogP contribution >= 0.6 is 0 Å². The maximum atomic E-state index is 10.8. The molecule has 10 heavy (non-hydrogen) atoms. The summed E-state index contributed by atoms with van der Waals surface area (Å²) in [6.07, 6.45) is 0.924. The molecule has 1 atom stereocenters. The number of imide groups is 1. The lowest BCUT2D eigenvalue weighted by molar-refractivity contribution is -0.125. The van der Waals surface area contributed by atoms with Crippen LogP contribution in [0, 0.1) is 5.92 Å². The Morgan fingerprint density at radius 2 is 2.30 bits per heavy atom. The first-order chi connectivity index (χ1) is 4.74. The van der Waals surface area contributed by atoms with Gasteiger partial charge in [0.2, 0.25) is 11.8 Å². The predicted octanol–water partition coefficient (Wildman–Crippen LogP) is -1.00. The second-order valence-electron chi connectivity index (χ2n) is 2.39. The first kappa shape index (κ1) is 7.21. The van der Waals surface area contributed by atoms with Crippen molar-refractivity contribution in [2.75, 3.05) is 6.54 Å². The third-order valence-electron chi connectivity index (χ3n) is 1.58. The van der Waals surface area contributed by atoms with Crippen molar-refractivity contribution < 1.29 is 9.59 Å². The van der Waals surface area contributed by atoms with Gasteiger partial charge in [0, 0.05) is 12.3 Å². The van der Waals surface area contributed by atoms with Crippen LogP contribution in [0.5, 0.6) is 0 Å². The standard InChI is InChI=1S/C6H10N2O2/c7-2-1-4-3-5(9)8-6(4)10/h4H,1-3,7H2,(H,8,9,10). The van der Waals surface area contributed by atoms with Crippen molar-refractivity contribution in [3.63, 3.8) is 0 Å². The molecule has 1 heterocycles. The third kappa shape index (κ3) is 1.33. The van der Waals surface area contributed by atoms with Crippen LogP contribution in [0.2, 0.25) is 0 Å². The van der Waals surface area contributed by atoms with E-state index in [-0.39, 0.29) is 17.7 Å². The fourth-order valence-corrected chi connectivity index (χ4v) is 1.04. The Morgan fingerprint density at radius 1 is 1.60 bits per heavy atom. The van der Waals surface area contributed by atoms with E-state index in [2.05, 4.69) is 5.32 Å². The first-order valence-corrected chi connectivity index (χ1v) is 3.28. The fourth-order valence-electron chi connectivity index (χ4n) is 1.04. The molecule has 56 valence electrons. The van der Waals surface area contributed by atoms with E-state index in [1.807, 2.05) is 0 Å². The molecule has 3 N–H and O–H groups in total. The SMILES string of the molecule is NCCC1CC(=O)NC1=O. The van der Waals surface area contributed by atoms with Crippen molar-refractivity contribution in [3.8, 4) is 0 Å². The van der Waals surface area contributed by atoms with Crippen molar-refractivity contribution in [1.29, 1.82) is 0 Å². The molecule has 0 aliphatic carbocycles. The fraction of sp³-hybridized carbons (Fsp3) is 0.667. The molecule has 0 aromatic rings. The largest absolute Gasteiger partial charge is 0.330 e. The van der Waals surface area contributed by atoms with Crippen LogP contribution in [-0.4, -0.2) is 18.4 Å². The Kier molecular flexibility index (Phi) is 2.01. The molecule has 0 aromatic carbocycles. The Morgan fingerprint density at radius 3 is 2.70 bits per heavy atom. The lowest BCUT2D eigenvalue weighted by Crippen LogP contribution is -2.23. The molecule has 1 unspecified atom stereocenters. The summed E-state index contributed by atoms with van der Waals surface area (Å²) in [6, 6.07) is 0. The smallest absolute Gasteiger partial charge is 0.230 e. The summed E-state index contributed by atoms with van der Waals surface area (Å²) in [7, 11) is 0. The van der Waals surface area contributed by atoms with E-state index in [9.17, 15) is 9.59 Å². The molecule has 0 aromatic heterocycles. The van der Waals surface area contributed by atoms with Gasteiger partial charge >= 0.3 is 0 Å². The number of hydrogen-bond acceptors (Lipinski definition) is 3. The molecule has 1 aliphatic heterocycles. The number of nitrogens with two attached hydrogens (primary N) is 1. The number of nitrogens with one attached hydrogen (secondary N) is 1. The molecule has 0 bridgehead atoms. The van der Waals surface area contributed by atoms with Gasteiger partial charge in [0.05, 0.1) is 0 Å². The number of carbonyl (C=O) groups excluding carboxylic acids is 2. The minimum atomic E-state index is -0.177. The molecule has 4 nitrogen and oxygen atoms in total. The van der Waals surface area contributed by atoms with E-state index in [0.29, 0.717) is 19.4 Å². The number of carbonyl (C=O) groups is 2. The predicted molar refractivity (Wildman–Crippen MR) is 34.9 cm³/mol. The maximum Gasteiger partial charge on any atom is 0.230 e. The second-order valence-corrected chi connectivity index (χ2v) is 2.39. The van der Waals surface area contributed by atoms with Crippen LogP contribution in [0.3, 0.4) is 0 Å². The van der Waals surface area contributed by atoms with Gasteiger partial charge in [-0.25, -0.2) is 0 Å². The zero-order chi connectivity index (χ0) is 7.56. The maximum absolute atomic E-state index is 10.8. The van der Waals surface area contributed by atoms with Gasteiger partial charge in [-0.05, 0) is 13.0 Å². The average Bonchev–Trinajstić information content (AvgIpc) is 2.13. The highest BCUT2D eigenvalue weighted by Gasteiger charge is 2.29. The monoisotopic (exact) mass is 142 g/mol. The zero-order valence-corrected chi connectivity index (χ0v) is 5.59. The van der Waals surface area contributed by atoms with Gasteiger partial charge in [0.1, 0.15) is 0 Å². The van der Waals surface area contributed by atoms with Crippen molar-refractivity contribution in [1.82, 2.24) is 5.32 Å². The number of hydrogen-bond donors (Lipinski definition) is 2. The lowest BCUT2D eigenvalue weighted by Gasteiger charge is -1.99. The Balaban J connectivity index is 2.46. The molecule has 0 radical (unpaired) electrons. The number of amides is 2. The Labute approximate surface area is 58.8 Å². The normalized spacial score (nSPS) is 25.1. The van der Waals surface area contributed by atoms with Crippen LogP contribution in [0.25, 0.3) is 0 Å². The summed E-state index contributed by atoms with van der Waals surface area (Å²) in [4.78, 5) is 21.4. The molecule has 1 fully saturated rings. The van der Waals surface area contributed by atoms with E-state index in [1.54, 1.807) is 0 Å². The van der Waals surface area contributed by atoms with Crippen molar-refractivity contribution in [2.24, 2.45) is 11.7 Å². The lowest BCUT2D eigenvalue weighted by atomic mass is 10.0. The quantitative estimate of drug-likeness (QED) is 0.485. The van der Waals surface area contributed by atoms with E-state index in [4.69, 9.17) is 5.73 Å². The van der Waals surface area contributed by atoms with E-state index in [0.717, 1.165) is 0 Å². The Bertz CT molecular complexity index is 167. The van der Waals surface area contributed by atoms with Gasteiger partial charge in [-0.1, -0.05) is 0 Å². The first-order valence-electron chi connectivity index (χ1n) is 3.28. The number of rotatable bonds is 2. The summed E-state index contributed by atoms with van der Waals surface area (Å²) in [5.41, 5.74) is 5.22. The molecule has 1 saturated heterocycles. The molecule has 1 aliphatic rings. The molecule has 1 rings (SSSR count). The van der Waals surface area contributed by atoms with Gasteiger partial charge in [-0.3, -0.25) is 14.9 Å². The van der Waals surface area contributed by atoms with Crippen molar-refractivity contribution in [3.05, 3.63) is 0 Å². The average molecular weight is 142 g/mol. The van der Waals surface area contributed by atoms with Gasteiger partial charge in [-0.15, -0.1) is 0 Å². The zero-order valence-electron chi connectivity index (χ0n) is 5.59. The minimum absolute atomic E-state index is 0.169. The van der Waals surface area contributed by atoms with Gasteiger partial charge in [0.25, 0.3) is 0 Å². The van der Waals surface area contributed by atoms with Crippen LogP contribution in [0.15, 0.2) is 0 Å². The molecular formula is C6H10N2O2.